The molecule has 0 unspecified atom stereocenters. The van der Waals surface area contributed by atoms with Crippen molar-refractivity contribution in [3.63, 3.8) is 0 Å². The minimum Gasteiger partial charge on any atom is -0.494 e. The molecule has 0 atom stereocenters. The summed E-state index contributed by atoms with van der Waals surface area (Å²) in [4.78, 5) is 12.5. The van der Waals surface area contributed by atoms with Crippen LogP contribution in [0.25, 0.3) is 0 Å². The first-order chi connectivity index (χ1) is 15.6. The third-order valence-electron chi connectivity index (χ3n) is 4.26. The number of ether oxygens (including phenoxy) is 4. The van der Waals surface area contributed by atoms with Crippen molar-refractivity contribution in [2.75, 3.05) is 25.1 Å². The fourth-order valence-electron chi connectivity index (χ4n) is 2.85. The summed E-state index contributed by atoms with van der Waals surface area (Å²) in [5.41, 5.74) is 0.963. The van der Waals surface area contributed by atoms with Crippen molar-refractivity contribution >= 4 is 11.6 Å². The van der Waals surface area contributed by atoms with E-state index in [9.17, 15) is 4.79 Å². The number of nitrogens with one attached hydrogen (secondary N) is 1. The van der Waals surface area contributed by atoms with Gasteiger partial charge in [-0.15, -0.1) is 0 Å². The molecule has 164 valence electrons. The van der Waals surface area contributed by atoms with E-state index in [4.69, 9.17) is 24.2 Å². The number of anilines is 1. The highest BCUT2D eigenvalue weighted by Gasteiger charge is 2.12. The highest BCUT2D eigenvalue weighted by atomic mass is 16.5. The molecule has 0 fully saturated rings. The molecule has 7 nitrogen and oxygen atoms in total. The van der Waals surface area contributed by atoms with Crippen LogP contribution in [-0.4, -0.2) is 25.7 Å². The summed E-state index contributed by atoms with van der Waals surface area (Å²) < 4.78 is 22.5. The van der Waals surface area contributed by atoms with Gasteiger partial charge in [-0.1, -0.05) is 12.1 Å². The highest BCUT2D eigenvalue weighted by molar-refractivity contribution is 5.93. The molecule has 1 amide bonds. The van der Waals surface area contributed by atoms with E-state index in [1.165, 1.54) is 0 Å². The van der Waals surface area contributed by atoms with Gasteiger partial charge in [0.1, 0.15) is 11.5 Å². The molecule has 7 heteroatoms. The molecule has 0 aliphatic rings. The molecule has 0 aromatic heterocycles. The quantitative estimate of drug-likeness (QED) is 0.476. The summed E-state index contributed by atoms with van der Waals surface area (Å²) in [7, 11) is 0. The lowest BCUT2D eigenvalue weighted by Gasteiger charge is -2.14. The molecule has 0 bridgehead atoms. The molecule has 3 aromatic carbocycles. The molecule has 1 N–H and O–H groups in total. The van der Waals surface area contributed by atoms with Crippen LogP contribution in [-0.2, 0) is 4.79 Å². The van der Waals surface area contributed by atoms with Gasteiger partial charge in [0.15, 0.2) is 23.9 Å². The SMILES string of the molecule is CCOc1ccc(Oc2ccccc2NC(=O)COc2ccc(C#N)cc2OCC)cc1. The number of nitriles is 1. The molecule has 0 aliphatic heterocycles. The van der Waals surface area contributed by atoms with Gasteiger partial charge < -0.3 is 24.3 Å². The fraction of sp³-hybridized carbons (Fsp3) is 0.200. The van der Waals surface area contributed by atoms with E-state index < -0.39 is 0 Å². The number of amides is 1. The number of hydrogen-bond acceptors (Lipinski definition) is 6. The molecular formula is C25H24N2O5. The smallest absolute Gasteiger partial charge is 0.262 e. The summed E-state index contributed by atoms with van der Waals surface area (Å²) >= 11 is 0. The zero-order chi connectivity index (χ0) is 22.8. The minimum atomic E-state index is -0.362. The Morgan fingerprint density at radius 2 is 1.56 bits per heavy atom. The minimum absolute atomic E-state index is 0.233. The Bertz CT molecular complexity index is 1090. The Labute approximate surface area is 187 Å². The Hall–Kier alpha value is -4.18. The average molecular weight is 432 g/mol. The van der Waals surface area contributed by atoms with Gasteiger partial charge in [-0.25, -0.2) is 0 Å². The molecular weight excluding hydrogens is 408 g/mol. The Kier molecular flexibility index (Phi) is 7.93. The van der Waals surface area contributed by atoms with E-state index >= 15 is 0 Å². The standard InChI is InChI=1S/C25H24N2O5/c1-3-29-19-10-12-20(13-11-19)32-22-8-6-5-7-21(22)27-25(28)17-31-23-14-9-18(16-26)15-24(23)30-4-2/h5-15H,3-4,17H2,1-2H3,(H,27,28). The highest BCUT2D eigenvalue weighted by Crippen LogP contribution is 2.31. The van der Waals surface area contributed by atoms with Gasteiger partial charge in [0.05, 0.1) is 30.5 Å². The Balaban J connectivity index is 1.64. The maximum atomic E-state index is 12.5. The van der Waals surface area contributed by atoms with Crippen LogP contribution in [0.2, 0.25) is 0 Å². The first-order valence-electron chi connectivity index (χ1n) is 10.2. The van der Waals surface area contributed by atoms with E-state index in [2.05, 4.69) is 11.4 Å². The second-order valence-electron chi connectivity index (χ2n) is 6.55. The van der Waals surface area contributed by atoms with Crippen LogP contribution >= 0.6 is 0 Å². The summed E-state index contributed by atoms with van der Waals surface area (Å²) in [6.45, 7) is 4.52. The number of para-hydroxylation sites is 2. The van der Waals surface area contributed by atoms with Crippen molar-refractivity contribution in [3.05, 3.63) is 72.3 Å². The molecule has 0 spiro atoms. The molecule has 3 rings (SSSR count). The number of carbonyl (C=O) groups excluding carboxylic acids is 1. The van der Waals surface area contributed by atoms with Gasteiger partial charge in [-0.05, 0) is 62.4 Å². The van der Waals surface area contributed by atoms with Crippen molar-refractivity contribution in [1.29, 1.82) is 5.26 Å². The summed E-state index contributed by atoms with van der Waals surface area (Å²) in [6.07, 6.45) is 0. The molecule has 0 heterocycles. The number of rotatable bonds is 10. The van der Waals surface area contributed by atoms with Crippen LogP contribution in [0.4, 0.5) is 5.69 Å². The first-order valence-corrected chi connectivity index (χ1v) is 10.2. The van der Waals surface area contributed by atoms with Gasteiger partial charge >= 0.3 is 0 Å². The van der Waals surface area contributed by atoms with Gasteiger partial charge in [0.25, 0.3) is 5.91 Å². The van der Waals surface area contributed by atoms with Crippen molar-refractivity contribution < 1.29 is 23.7 Å². The lowest BCUT2D eigenvalue weighted by molar-refractivity contribution is -0.118. The van der Waals surface area contributed by atoms with Crippen LogP contribution in [0.1, 0.15) is 19.4 Å². The number of hydrogen-bond donors (Lipinski definition) is 1. The van der Waals surface area contributed by atoms with Crippen LogP contribution in [0.3, 0.4) is 0 Å². The van der Waals surface area contributed by atoms with E-state index in [1.807, 2.05) is 32.0 Å². The predicted octanol–water partition coefficient (Wildman–Crippen LogP) is 5.17. The van der Waals surface area contributed by atoms with Gasteiger partial charge in [-0.3, -0.25) is 4.79 Å². The summed E-state index contributed by atoms with van der Waals surface area (Å²) in [5.74, 6) is 2.31. The van der Waals surface area contributed by atoms with Crippen LogP contribution in [0.5, 0.6) is 28.7 Å². The maximum Gasteiger partial charge on any atom is 0.262 e. The van der Waals surface area contributed by atoms with Crippen molar-refractivity contribution in [3.8, 4) is 34.8 Å². The average Bonchev–Trinajstić information content (AvgIpc) is 2.81. The molecule has 32 heavy (non-hydrogen) atoms. The molecule has 0 radical (unpaired) electrons. The molecule has 0 saturated carbocycles. The van der Waals surface area contributed by atoms with Gasteiger partial charge in [0.2, 0.25) is 0 Å². The second-order valence-corrected chi connectivity index (χ2v) is 6.55. The van der Waals surface area contributed by atoms with E-state index in [1.54, 1.807) is 48.5 Å². The molecule has 0 saturated heterocycles. The number of benzene rings is 3. The lowest BCUT2D eigenvalue weighted by atomic mass is 10.2. The third-order valence-corrected chi connectivity index (χ3v) is 4.26. The van der Waals surface area contributed by atoms with Crippen molar-refractivity contribution in [2.24, 2.45) is 0 Å². The van der Waals surface area contributed by atoms with E-state index in [0.717, 1.165) is 5.75 Å². The van der Waals surface area contributed by atoms with Crippen LogP contribution in [0, 0.1) is 11.3 Å². The number of carbonyl (C=O) groups is 1. The molecule has 0 aliphatic carbocycles. The largest absolute Gasteiger partial charge is 0.494 e. The van der Waals surface area contributed by atoms with E-state index in [0.29, 0.717) is 47.5 Å². The van der Waals surface area contributed by atoms with Gasteiger partial charge in [-0.2, -0.15) is 5.26 Å². The Morgan fingerprint density at radius 1 is 0.844 bits per heavy atom. The first kappa shape index (κ1) is 22.5. The summed E-state index contributed by atoms with van der Waals surface area (Å²) in [5, 5.41) is 11.8. The lowest BCUT2D eigenvalue weighted by Crippen LogP contribution is -2.20. The van der Waals surface area contributed by atoms with E-state index in [-0.39, 0.29) is 12.5 Å². The van der Waals surface area contributed by atoms with Crippen molar-refractivity contribution in [1.82, 2.24) is 0 Å². The molecule has 3 aromatic rings. The summed E-state index contributed by atoms with van der Waals surface area (Å²) in [6, 6.07) is 21.2. The zero-order valence-electron chi connectivity index (χ0n) is 18.0. The van der Waals surface area contributed by atoms with Crippen LogP contribution in [0.15, 0.2) is 66.7 Å². The third kappa shape index (κ3) is 6.16. The monoisotopic (exact) mass is 432 g/mol. The predicted molar refractivity (Wildman–Crippen MR) is 121 cm³/mol. The fourth-order valence-corrected chi connectivity index (χ4v) is 2.85. The Morgan fingerprint density at radius 3 is 2.28 bits per heavy atom. The topological polar surface area (TPSA) is 89.8 Å². The zero-order valence-corrected chi connectivity index (χ0v) is 18.0. The van der Waals surface area contributed by atoms with Crippen molar-refractivity contribution in [2.45, 2.75) is 13.8 Å². The normalized spacial score (nSPS) is 10.0. The van der Waals surface area contributed by atoms with Gasteiger partial charge in [0, 0.05) is 6.07 Å². The maximum absolute atomic E-state index is 12.5. The second kappa shape index (κ2) is 11.3. The number of nitrogens with zero attached hydrogens (tertiary/aromatic N) is 1. The van der Waals surface area contributed by atoms with Crippen LogP contribution < -0.4 is 24.3 Å².